The van der Waals surface area contributed by atoms with Gasteiger partial charge in [-0.25, -0.2) is 0 Å². The van der Waals surface area contributed by atoms with Crippen molar-refractivity contribution in [2.75, 3.05) is 20.3 Å². The van der Waals surface area contributed by atoms with Gasteiger partial charge in [-0.2, -0.15) is 0 Å². The van der Waals surface area contributed by atoms with E-state index in [1.54, 1.807) is 7.11 Å². The van der Waals surface area contributed by atoms with E-state index in [1.165, 1.54) is 43.2 Å². The Morgan fingerprint density at radius 2 is 2.15 bits per heavy atom. The van der Waals surface area contributed by atoms with Crippen LogP contribution < -0.4 is 5.32 Å². The Morgan fingerprint density at radius 3 is 2.80 bits per heavy atom. The van der Waals surface area contributed by atoms with Crippen molar-refractivity contribution in [2.45, 2.75) is 52.0 Å². The van der Waals surface area contributed by atoms with E-state index in [0.717, 1.165) is 13.2 Å². The van der Waals surface area contributed by atoms with Gasteiger partial charge in [-0.05, 0) is 56.9 Å². The van der Waals surface area contributed by atoms with Crippen LogP contribution >= 0.6 is 0 Å². The number of rotatable bonds is 9. The Bertz CT molecular complexity index is 412. The van der Waals surface area contributed by atoms with Crippen LogP contribution in [0.25, 0.3) is 0 Å². The minimum atomic E-state index is 0.549. The molecule has 112 valence electrons. The molecule has 2 heteroatoms. The van der Waals surface area contributed by atoms with Crippen LogP contribution in [-0.2, 0) is 11.2 Å². The van der Waals surface area contributed by atoms with Gasteiger partial charge in [0, 0.05) is 26.3 Å². The normalized spacial score (nSPS) is 17.9. The van der Waals surface area contributed by atoms with Crippen LogP contribution in [0.15, 0.2) is 24.3 Å². The van der Waals surface area contributed by atoms with Crippen molar-refractivity contribution in [3.8, 4) is 0 Å². The highest BCUT2D eigenvalue weighted by atomic mass is 16.5. The van der Waals surface area contributed by atoms with Gasteiger partial charge in [-0.3, -0.25) is 0 Å². The summed E-state index contributed by atoms with van der Waals surface area (Å²) in [5.41, 5.74) is 3.37. The molecule has 20 heavy (non-hydrogen) atoms. The fourth-order valence-corrected chi connectivity index (χ4v) is 2.75. The van der Waals surface area contributed by atoms with Crippen molar-refractivity contribution in [1.29, 1.82) is 0 Å². The molecule has 1 aromatic carbocycles. The first-order valence-corrected chi connectivity index (χ1v) is 7.91. The molecule has 1 atom stereocenters. The van der Waals surface area contributed by atoms with Crippen LogP contribution in [-0.4, -0.2) is 26.3 Å². The molecule has 1 aliphatic rings. The molecule has 0 aliphatic heterocycles. The highest BCUT2D eigenvalue weighted by Crippen LogP contribution is 2.48. The summed E-state index contributed by atoms with van der Waals surface area (Å²) < 4.78 is 5.21. The summed E-state index contributed by atoms with van der Waals surface area (Å²) >= 11 is 0. The number of ether oxygens (including phenoxy) is 1. The molecule has 1 aromatic rings. The Balaban J connectivity index is 1.67. The van der Waals surface area contributed by atoms with Crippen LogP contribution in [0.5, 0.6) is 0 Å². The molecule has 2 rings (SSSR count). The van der Waals surface area contributed by atoms with Crippen LogP contribution in [0.2, 0.25) is 0 Å². The molecule has 0 saturated heterocycles. The van der Waals surface area contributed by atoms with Crippen molar-refractivity contribution in [3.05, 3.63) is 35.4 Å². The fraction of sp³-hybridized carbons (Fsp3) is 0.667. The van der Waals surface area contributed by atoms with E-state index in [0.29, 0.717) is 11.5 Å². The van der Waals surface area contributed by atoms with E-state index in [9.17, 15) is 0 Å². The third-order valence-electron chi connectivity index (χ3n) is 4.57. The first-order valence-electron chi connectivity index (χ1n) is 7.91. The summed E-state index contributed by atoms with van der Waals surface area (Å²) in [6.07, 6.45) is 6.33. The molecule has 0 spiro atoms. The second kappa shape index (κ2) is 7.24. The number of methoxy groups -OCH3 is 1. The predicted molar refractivity (Wildman–Crippen MR) is 85.1 cm³/mol. The highest BCUT2D eigenvalue weighted by Gasteiger charge is 2.41. The van der Waals surface area contributed by atoms with E-state index >= 15 is 0 Å². The van der Waals surface area contributed by atoms with Crippen molar-refractivity contribution in [2.24, 2.45) is 5.41 Å². The summed E-state index contributed by atoms with van der Waals surface area (Å²) in [5.74, 6) is 0. The molecular formula is C18H29NO. The van der Waals surface area contributed by atoms with Gasteiger partial charge in [0.25, 0.3) is 0 Å². The number of nitrogens with one attached hydrogen (secondary N) is 1. The average molecular weight is 275 g/mol. The highest BCUT2D eigenvalue weighted by molar-refractivity contribution is 5.22. The zero-order valence-electron chi connectivity index (χ0n) is 13.2. The fourth-order valence-electron chi connectivity index (χ4n) is 2.75. The van der Waals surface area contributed by atoms with E-state index in [2.05, 4.69) is 43.4 Å². The van der Waals surface area contributed by atoms with E-state index in [4.69, 9.17) is 4.74 Å². The first-order chi connectivity index (χ1) is 9.63. The quantitative estimate of drug-likeness (QED) is 0.741. The molecule has 0 heterocycles. The molecule has 2 nitrogen and oxygen atoms in total. The number of aryl methyl sites for hydroxylation is 2. The summed E-state index contributed by atoms with van der Waals surface area (Å²) in [6.45, 7) is 6.53. The molecule has 0 amide bonds. The lowest BCUT2D eigenvalue weighted by molar-refractivity contribution is 0.170. The second-order valence-corrected chi connectivity index (χ2v) is 6.55. The molecule has 1 unspecified atom stereocenters. The third-order valence-corrected chi connectivity index (χ3v) is 4.57. The SMILES string of the molecule is COCCC1(CNC(C)CCc2cccc(C)c2)CC1. The number of hydrogen-bond acceptors (Lipinski definition) is 2. The lowest BCUT2D eigenvalue weighted by atomic mass is 10.0. The summed E-state index contributed by atoms with van der Waals surface area (Å²) in [7, 11) is 1.80. The van der Waals surface area contributed by atoms with Crippen molar-refractivity contribution < 1.29 is 4.74 Å². The van der Waals surface area contributed by atoms with E-state index in [1.807, 2.05) is 0 Å². The van der Waals surface area contributed by atoms with Gasteiger partial charge in [0.05, 0.1) is 0 Å². The van der Waals surface area contributed by atoms with Gasteiger partial charge < -0.3 is 10.1 Å². The Hall–Kier alpha value is -0.860. The summed E-state index contributed by atoms with van der Waals surface area (Å²) in [6, 6.07) is 9.45. The molecule has 1 saturated carbocycles. The lowest BCUT2D eigenvalue weighted by Gasteiger charge is -2.20. The summed E-state index contributed by atoms with van der Waals surface area (Å²) in [5, 5.41) is 3.72. The molecule has 0 radical (unpaired) electrons. The minimum absolute atomic E-state index is 0.549. The smallest absolute Gasteiger partial charge is 0.0468 e. The Kier molecular flexibility index (Phi) is 5.62. The molecular weight excluding hydrogens is 246 g/mol. The van der Waals surface area contributed by atoms with Crippen molar-refractivity contribution in [3.63, 3.8) is 0 Å². The van der Waals surface area contributed by atoms with Crippen LogP contribution in [0.3, 0.4) is 0 Å². The van der Waals surface area contributed by atoms with Crippen molar-refractivity contribution in [1.82, 2.24) is 5.32 Å². The van der Waals surface area contributed by atoms with E-state index in [-0.39, 0.29) is 0 Å². The zero-order chi connectivity index (χ0) is 14.4. The minimum Gasteiger partial charge on any atom is -0.385 e. The summed E-state index contributed by atoms with van der Waals surface area (Å²) in [4.78, 5) is 0. The van der Waals surface area contributed by atoms with Crippen LogP contribution in [0, 0.1) is 12.3 Å². The largest absolute Gasteiger partial charge is 0.385 e. The zero-order valence-corrected chi connectivity index (χ0v) is 13.2. The van der Waals surface area contributed by atoms with Crippen LogP contribution in [0.1, 0.15) is 43.7 Å². The van der Waals surface area contributed by atoms with Crippen LogP contribution in [0.4, 0.5) is 0 Å². The standard InChI is InChI=1S/C18H29NO/c1-15-5-4-6-17(13-15)8-7-16(2)19-14-18(9-10-18)11-12-20-3/h4-6,13,16,19H,7-12,14H2,1-3H3. The number of hydrogen-bond donors (Lipinski definition) is 1. The van der Waals surface area contributed by atoms with Gasteiger partial charge in [0.15, 0.2) is 0 Å². The van der Waals surface area contributed by atoms with E-state index < -0.39 is 0 Å². The molecule has 1 N–H and O–H groups in total. The maximum absolute atomic E-state index is 5.21. The van der Waals surface area contributed by atoms with Gasteiger partial charge in [0.2, 0.25) is 0 Å². The monoisotopic (exact) mass is 275 g/mol. The van der Waals surface area contributed by atoms with Gasteiger partial charge in [-0.15, -0.1) is 0 Å². The lowest BCUT2D eigenvalue weighted by Crippen LogP contribution is -2.33. The predicted octanol–water partition coefficient (Wildman–Crippen LogP) is 3.72. The maximum atomic E-state index is 5.21. The maximum Gasteiger partial charge on any atom is 0.0468 e. The molecule has 1 aliphatic carbocycles. The molecule has 1 fully saturated rings. The number of benzene rings is 1. The van der Waals surface area contributed by atoms with Crippen molar-refractivity contribution >= 4 is 0 Å². The molecule has 0 aromatic heterocycles. The Morgan fingerprint density at radius 1 is 1.35 bits per heavy atom. The Labute approximate surface area is 123 Å². The van der Waals surface area contributed by atoms with Gasteiger partial charge >= 0.3 is 0 Å². The molecule has 0 bridgehead atoms. The first kappa shape index (κ1) is 15.5. The van der Waals surface area contributed by atoms with Gasteiger partial charge in [-0.1, -0.05) is 29.8 Å². The topological polar surface area (TPSA) is 21.3 Å². The third kappa shape index (κ3) is 4.92. The second-order valence-electron chi connectivity index (χ2n) is 6.55. The van der Waals surface area contributed by atoms with Gasteiger partial charge in [0.1, 0.15) is 0 Å². The average Bonchev–Trinajstić information content (AvgIpc) is 3.21.